The molecule has 1 aromatic heterocycles. The van der Waals surface area contributed by atoms with E-state index in [0.717, 1.165) is 29.1 Å². The van der Waals surface area contributed by atoms with Crippen molar-refractivity contribution in [2.75, 3.05) is 0 Å². The Labute approximate surface area is 116 Å². The summed E-state index contributed by atoms with van der Waals surface area (Å²) < 4.78 is 0. The largest absolute Gasteiger partial charge is 0.336 e. The third-order valence-corrected chi connectivity index (χ3v) is 2.59. The Bertz CT molecular complexity index is 547. The number of rotatable bonds is 4. The number of nitrogens with zero attached hydrogens (tertiary/aromatic N) is 1. The zero-order chi connectivity index (χ0) is 14.3. The molecule has 0 amide bonds. The highest BCUT2D eigenvalue weighted by Gasteiger charge is 1.98. The third-order valence-electron chi connectivity index (χ3n) is 2.59. The number of aromatic amines is 1. The number of aryl methyl sites for hydroxylation is 1. The number of nitrogens with one attached hydrogen (secondary N) is 1. The Hall–Kier alpha value is -2.01. The minimum Gasteiger partial charge on any atom is -0.336 e. The molecule has 0 saturated carbocycles. The first-order valence-corrected chi connectivity index (χ1v) is 6.60. The van der Waals surface area contributed by atoms with Gasteiger partial charge in [0.15, 0.2) is 0 Å². The van der Waals surface area contributed by atoms with E-state index < -0.39 is 0 Å². The van der Waals surface area contributed by atoms with E-state index in [0.29, 0.717) is 0 Å². The first-order valence-electron chi connectivity index (χ1n) is 6.60. The van der Waals surface area contributed by atoms with Crippen LogP contribution >= 0.6 is 0 Å². The van der Waals surface area contributed by atoms with E-state index in [-0.39, 0.29) is 5.92 Å². The Balaban J connectivity index is 2.81. The highest BCUT2D eigenvalue weighted by molar-refractivity contribution is 5.39. The van der Waals surface area contributed by atoms with Crippen LogP contribution in [0.25, 0.3) is 0 Å². The van der Waals surface area contributed by atoms with Crippen molar-refractivity contribution in [3.05, 3.63) is 53.7 Å². The minimum absolute atomic E-state index is 0.178. The van der Waals surface area contributed by atoms with Crippen LogP contribution < -0.4 is 0 Å². The molecule has 0 aliphatic rings. The number of hydrogen-bond donors (Lipinski definition) is 1. The standard InChI is InChI=1S/C17H22N2/c1-6-7-8-16(13(2)3)11-14(4)9-10-17-12-18-15(5)19-17/h7-8,11-12,14H,2,6H2,1,3-5H3,(H,18,19)/b8-7-,16-11+. The van der Waals surface area contributed by atoms with Crippen LogP contribution in [0.3, 0.4) is 0 Å². The van der Waals surface area contributed by atoms with Crippen molar-refractivity contribution >= 4 is 0 Å². The molecule has 0 aliphatic heterocycles. The van der Waals surface area contributed by atoms with Gasteiger partial charge < -0.3 is 4.98 Å². The molecule has 0 bridgehead atoms. The maximum absolute atomic E-state index is 4.13. The second-order valence-electron chi connectivity index (χ2n) is 4.65. The molecule has 100 valence electrons. The average Bonchev–Trinajstić information content (AvgIpc) is 2.77. The van der Waals surface area contributed by atoms with Crippen molar-refractivity contribution < 1.29 is 0 Å². The minimum atomic E-state index is 0.178. The highest BCUT2D eigenvalue weighted by Crippen LogP contribution is 2.12. The molecule has 1 atom stereocenters. The fourth-order valence-electron chi connectivity index (χ4n) is 1.57. The maximum atomic E-state index is 4.13. The number of imidazole rings is 1. The Morgan fingerprint density at radius 2 is 2.32 bits per heavy atom. The van der Waals surface area contributed by atoms with E-state index in [1.54, 1.807) is 6.20 Å². The molecule has 0 radical (unpaired) electrons. The molecule has 0 aliphatic carbocycles. The number of H-pyrrole nitrogens is 1. The van der Waals surface area contributed by atoms with Gasteiger partial charge in [-0.3, -0.25) is 0 Å². The van der Waals surface area contributed by atoms with E-state index in [1.165, 1.54) is 0 Å². The van der Waals surface area contributed by atoms with E-state index in [9.17, 15) is 0 Å². The van der Waals surface area contributed by atoms with Gasteiger partial charge in [-0.05, 0) is 38.7 Å². The van der Waals surface area contributed by atoms with Gasteiger partial charge in [-0.25, -0.2) is 4.98 Å². The van der Waals surface area contributed by atoms with E-state index in [4.69, 9.17) is 0 Å². The van der Waals surface area contributed by atoms with Crippen molar-refractivity contribution in [1.82, 2.24) is 9.97 Å². The van der Waals surface area contributed by atoms with Crippen LogP contribution in [0.2, 0.25) is 0 Å². The van der Waals surface area contributed by atoms with Gasteiger partial charge in [0.2, 0.25) is 0 Å². The van der Waals surface area contributed by atoms with E-state index in [1.807, 2.05) is 13.8 Å². The maximum Gasteiger partial charge on any atom is 0.109 e. The molecule has 1 N–H and O–H groups in total. The number of allylic oxidation sites excluding steroid dienone is 5. The lowest BCUT2D eigenvalue weighted by molar-refractivity contribution is 0.969. The van der Waals surface area contributed by atoms with Crippen molar-refractivity contribution in [2.45, 2.75) is 34.1 Å². The van der Waals surface area contributed by atoms with Crippen LogP contribution in [0.15, 0.2) is 42.2 Å². The summed E-state index contributed by atoms with van der Waals surface area (Å²) >= 11 is 0. The lowest BCUT2D eigenvalue weighted by Crippen LogP contribution is -1.89. The quantitative estimate of drug-likeness (QED) is 0.634. The van der Waals surface area contributed by atoms with Crippen molar-refractivity contribution in [3.63, 3.8) is 0 Å². The molecule has 0 fully saturated rings. The summed E-state index contributed by atoms with van der Waals surface area (Å²) in [7, 11) is 0. The third kappa shape index (κ3) is 5.44. The zero-order valence-electron chi connectivity index (χ0n) is 12.2. The van der Waals surface area contributed by atoms with Crippen LogP contribution in [0, 0.1) is 24.7 Å². The first-order chi connectivity index (χ1) is 9.02. The molecular weight excluding hydrogens is 232 g/mol. The van der Waals surface area contributed by atoms with Crippen LogP contribution in [0.1, 0.15) is 38.7 Å². The molecule has 19 heavy (non-hydrogen) atoms. The van der Waals surface area contributed by atoms with Crippen LogP contribution in [-0.4, -0.2) is 9.97 Å². The molecule has 0 aromatic carbocycles. The second-order valence-corrected chi connectivity index (χ2v) is 4.65. The zero-order valence-corrected chi connectivity index (χ0v) is 12.2. The molecular formula is C17H22N2. The smallest absolute Gasteiger partial charge is 0.109 e. The topological polar surface area (TPSA) is 28.7 Å². The first kappa shape index (κ1) is 15.0. The SMILES string of the molecule is C=C(C)C(/C=C\CC)=C/C(C)C#Cc1cnc(C)[nH]1. The highest BCUT2D eigenvalue weighted by atomic mass is 14.9. The van der Waals surface area contributed by atoms with Crippen LogP contribution in [0.5, 0.6) is 0 Å². The summed E-state index contributed by atoms with van der Waals surface area (Å²) in [5.41, 5.74) is 3.08. The van der Waals surface area contributed by atoms with Crippen molar-refractivity contribution in [3.8, 4) is 11.8 Å². The fraction of sp³-hybridized carbons (Fsp3) is 0.353. The molecule has 1 rings (SSSR count). The number of hydrogen-bond acceptors (Lipinski definition) is 1. The van der Waals surface area contributed by atoms with Gasteiger partial charge in [-0.2, -0.15) is 0 Å². The summed E-state index contributed by atoms with van der Waals surface area (Å²) in [4.78, 5) is 7.23. The molecule has 0 saturated heterocycles. The Morgan fingerprint density at radius 1 is 1.58 bits per heavy atom. The Kier molecular flexibility index (Phi) is 5.89. The van der Waals surface area contributed by atoms with Gasteiger partial charge >= 0.3 is 0 Å². The van der Waals surface area contributed by atoms with Gasteiger partial charge in [0.1, 0.15) is 11.5 Å². The molecule has 1 aromatic rings. The summed E-state index contributed by atoms with van der Waals surface area (Å²) in [5.74, 6) is 7.37. The van der Waals surface area contributed by atoms with E-state index >= 15 is 0 Å². The summed E-state index contributed by atoms with van der Waals surface area (Å²) in [6.07, 6.45) is 9.18. The van der Waals surface area contributed by atoms with Gasteiger partial charge in [-0.15, -0.1) is 0 Å². The normalized spacial score (nSPS) is 13.2. The predicted molar refractivity (Wildman–Crippen MR) is 81.7 cm³/mol. The average molecular weight is 254 g/mol. The Morgan fingerprint density at radius 3 is 2.84 bits per heavy atom. The molecule has 2 heteroatoms. The molecule has 2 nitrogen and oxygen atoms in total. The van der Waals surface area contributed by atoms with Gasteiger partial charge in [0.25, 0.3) is 0 Å². The van der Waals surface area contributed by atoms with Crippen LogP contribution in [-0.2, 0) is 0 Å². The van der Waals surface area contributed by atoms with Crippen molar-refractivity contribution in [2.24, 2.45) is 5.92 Å². The summed E-state index contributed by atoms with van der Waals surface area (Å²) in [6.45, 7) is 12.1. The summed E-state index contributed by atoms with van der Waals surface area (Å²) in [6, 6.07) is 0. The van der Waals surface area contributed by atoms with Crippen LogP contribution in [0.4, 0.5) is 0 Å². The lowest BCUT2D eigenvalue weighted by Gasteiger charge is -2.03. The number of aromatic nitrogens is 2. The lowest BCUT2D eigenvalue weighted by atomic mass is 10.0. The monoisotopic (exact) mass is 254 g/mol. The molecule has 1 unspecified atom stereocenters. The van der Waals surface area contributed by atoms with Gasteiger partial charge in [0.05, 0.1) is 6.20 Å². The fourth-order valence-corrected chi connectivity index (χ4v) is 1.57. The predicted octanol–water partition coefficient (Wildman–Crippen LogP) is 4.17. The van der Waals surface area contributed by atoms with Gasteiger partial charge in [0, 0.05) is 5.92 Å². The summed E-state index contributed by atoms with van der Waals surface area (Å²) in [5, 5.41) is 0. The molecule has 0 spiro atoms. The van der Waals surface area contributed by atoms with E-state index in [2.05, 4.69) is 60.5 Å². The van der Waals surface area contributed by atoms with Crippen molar-refractivity contribution in [1.29, 1.82) is 0 Å². The van der Waals surface area contributed by atoms with Gasteiger partial charge in [-0.1, -0.05) is 43.2 Å². The second kappa shape index (κ2) is 7.43. The molecule has 1 heterocycles.